The molecule has 1 fully saturated rings. The highest BCUT2D eigenvalue weighted by Crippen LogP contribution is 2.27. The Morgan fingerprint density at radius 2 is 1.94 bits per heavy atom. The molecule has 1 aliphatic rings. The van der Waals surface area contributed by atoms with Crippen LogP contribution in [0, 0.1) is 12.8 Å². The predicted molar refractivity (Wildman–Crippen MR) is 74.5 cm³/mol. The summed E-state index contributed by atoms with van der Waals surface area (Å²) in [6.45, 7) is 2.04. The standard InChI is InChI=1S/C16H25NO/c1-13-8-9-15(17-12-13)11-16(18)10-14-6-4-2-3-5-7-14/h8-9,12,14,16,18H,2-7,10-11H2,1H3. The Balaban J connectivity index is 1.80. The van der Waals surface area contributed by atoms with Crippen molar-refractivity contribution in [3.05, 3.63) is 29.6 Å². The van der Waals surface area contributed by atoms with Crippen LogP contribution in [0.4, 0.5) is 0 Å². The Bertz CT molecular complexity index is 339. The lowest BCUT2D eigenvalue weighted by Crippen LogP contribution is -2.16. The lowest BCUT2D eigenvalue weighted by Gasteiger charge is -2.18. The van der Waals surface area contributed by atoms with Crippen LogP contribution >= 0.6 is 0 Å². The van der Waals surface area contributed by atoms with Crippen LogP contribution in [0.2, 0.25) is 0 Å². The number of hydrogen-bond acceptors (Lipinski definition) is 2. The van der Waals surface area contributed by atoms with Crippen LogP contribution in [-0.4, -0.2) is 16.2 Å². The van der Waals surface area contributed by atoms with E-state index in [9.17, 15) is 5.11 Å². The molecule has 1 atom stereocenters. The summed E-state index contributed by atoms with van der Waals surface area (Å²) in [6, 6.07) is 4.10. The summed E-state index contributed by atoms with van der Waals surface area (Å²) in [5, 5.41) is 10.2. The van der Waals surface area contributed by atoms with Gasteiger partial charge in [0.2, 0.25) is 0 Å². The molecule has 0 aromatic carbocycles. The molecule has 2 rings (SSSR count). The zero-order valence-electron chi connectivity index (χ0n) is 11.4. The van der Waals surface area contributed by atoms with E-state index in [1.54, 1.807) is 0 Å². The minimum Gasteiger partial charge on any atom is -0.393 e. The molecular weight excluding hydrogens is 222 g/mol. The van der Waals surface area contributed by atoms with Crippen molar-refractivity contribution < 1.29 is 5.11 Å². The largest absolute Gasteiger partial charge is 0.393 e. The van der Waals surface area contributed by atoms with Gasteiger partial charge in [-0.15, -0.1) is 0 Å². The average molecular weight is 247 g/mol. The molecule has 0 radical (unpaired) electrons. The van der Waals surface area contributed by atoms with Crippen LogP contribution in [0.3, 0.4) is 0 Å². The molecule has 0 amide bonds. The van der Waals surface area contributed by atoms with Crippen LogP contribution in [-0.2, 0) is 6.42 Å². The minimum atomic E-state index is -0.219. The molecular formula is C16H25NO. The zero-order valence-corrected chi connectivity index (χ0v) is 11.4. The van der Waals surface area contributed by atoms with Crippen molar-refractivity contribution in [2.45, 2.75) is 64.4 Å². The molecule has 1 heterocycles. The summed E-state index contributed by atoms with van der Waals surface area (Å²) in [4.78, 5) is 4.37. The van der Waals surface area contributed by atoms with Gasteiger partial charge in [0.05, 0.1) is 6.10 Å². The van der Waals surface area contributed by atoms with Crippen LogP contribution in [0.15, 0.2) is 18.3 Å². The maximum absolute atomic E-state index is 10.2. The second kappa shape index (κ2) is 6.89. The molecule has 100 valence electrons. The van der Waals surface area contributed by atoms with E-state index in [2.05, 4.69) is 11.1 Å². The number of hydrogen-bond donors (Lipinski definition) is 1. The highest BCUT2D eigenvalue weighted by atomic mass is 16.3. The molecule has 1 unspecified atom stereocenters. The molecule has 1 aromatic rings. The first kappa shape index (κ1) is 13.5. The van der Waals surface area contributed by atoms with Crippen molar-refractivity contribution in [2.75, 3.05) is 0 Å². The molecule has 2 heteroatoms. The first-order chi connectivity index (χ1) is 8.74. The summed E-state index contributed by atoms with van der Waals surface area (Å²) < 4.78 is 0. The van der Waals surface area contributed by atoms with Crippen molar-refractivity contribution >= 4 is 0 Å². The summed E-state index contributed by atoms with van der Waals surface area (Å²) in [5.41, 5.74) is 2.19. The van der Waals surface area contributed by atoms with Gasteiger partial charge in [0, 0.05) is 18.3 Å². The van der Waals surface area contributed by atoms with E-state index in [4.69, 9.17) is 0 Å². The summed E-state index contributed by atoms with van der Waals surface area (Å²) in [6.07, 6.45) is 11.4. The molecule has 1 aliphatic carbocycles. The first-order valence-electron chi connectivity index (χ1n) is 7.33. The summed E-state index contributed by atoms with van der Waals surface area (Å²) in [7, 11) is 0. The third-order valence-corrected chi connectivity index (χ3v) is 4.00. The third-order valence-electron chi connectivity index (χ3n) is 4.00. The maximum Gasteiger partial charge on any atom is 0.0598 e. The van der Waals surface area contributed by atoms with E-state index in [0.717, 1.165) is 18.0 Å². The van der Waals surface area contributed by atoms with Crippen molar-refractivity contribution in [2.24, 2.45) is 5.92 Å². The highest BCUT2D eigenvalue weighted by molar-refractivity contribution is 5.12. The second-order valence-corrected chi connectivity index (χ2v) is 5.78. The quantitative estimate of drug-likeness (QED) is 0.824. The first-order valence-corrected chi connectivity index (χ1v) is 7.33. The lowest BCUT2D eigenvalue weighted by molar-refractivity contribution is 0.136. The van der Waals surface area contributed by atoms with E-state index in [1.165, 1.54) is 44.1 Å². The lowest BCUT2D eigenvalue weighted by atomic mass is 9.92. The Labute approximate surface area is 110 Å². The number of aryl methyl sites for hydroxylation is 1. The van der Waals surface area contributed by atoms with Crippen molar-refractivity contribution in [1.82, 2.24) is 4.98 Å². The monoisotopic (exact) mass is 247 g/mol. The van der Waals surface area contributed by atoms with E-state index < -0.39 is 0 Å². The van der Waals surface area contributed by atoms with E-state index >= 15 is 0 Å². The maximum atomic E-state index is 10.2. The van der Waals surface area contributed by atoms with Crippen LogP contribution < -0.4 is 0 Å². The normalized spacial score (nSPS) is 19.4. The Hall–Kier alpha value is -0.890. The smallest absolute Gasteiger partial charge is 0.0598 e. The van der Waals surface area contributed by atoms with Gasteiger partial charge in [-0.1, -0.05) is 44.6 Å². The van der Waals surface area contributed by atoms with Crippen LogP contribution in [0.5, 0.6) is 0 Å². The average Bonchev–Trinajstić information content (AvgIpc) is 2.61. The third kappa shape index (κ3) is 4.41. The fourth-order valence-corrected chi connectivity index (χ4v) is 2.93. The van der Waals surface area contributed by atoms with Crippen molar-refractivity contribution in [3.8, 4) is 0 Å². The molecule has 1 N–H and O–H groups in total. The van der Waals surface area contributed by atoms with Gasteiger partial charge >= 0.3 is 0 Å². The van der Waals surface area contributed by atoms with E-state index in [0.29, 0.717) is 6.42 Å². The second-order valence-electron chi connectivity index (χ2n) is 5.78. The predicted octanol–water partition coefficient (Wildman–Crippen LogP) is 3.65. The Kier molecular flexibility index (Phi) is 5.18. The summed E-state index contributed by atoms with van der Waals surface area (Å²) >= 11 is 0. The number of aliphatic hydroxyl groups excluding tert-OH is 1. The highest BCUT2D eigenvalue weighted by Gasteiger charge is 2.17. The SMILES string of the molecule is Cc1ccc(CC(O)CC2CCCCCC2)nc1. The number of aliphatic hydroxyl groups is 1. The van der Waals surface area contributed by atoms with Gasteiger partial charge in [0.15, 0.2) is 0 Å². The van der Waals surface area contributed by atoms with Gasteiger partial charge in [0.1, 0.15) is 0 Å². The fourth-order valence-electron chi connectivity index (χ4n) is 2.93. The molecule has 1 aromatic heterocycles. The minimum absolute atomic E-state index is 0.219. The molecule has 18 heavy (non-hydrogen) atoms. The number of pyridine rings is 1. The van der Waals surface area contributed by atoms with E-state index in [-0.39, 0.29) is 6.10 Å². The molecule has 1 saturated carbocycles. The number of rotatable bonds is 4. The van der Waals surface area contributed by atoms with Crippen molar-refractivity contribution in [1.29, 1.82) is 0 Å². The Morgan fingerprint density at radius 3 is 2.56 bits per heavy atom. The molecule has 0 bridgehead atoms. The number of aromatic nitrogens is 1. The topological polar surface area (TPSA) is 33.1 Å². The summed E-state index contributed by atoms with van der Waals surface area (Å²) in [5.74, 6) is 0.730. The van der Waals surface area contributed by atoms with E-state index in [1.807, 2.05) is 19.2 Å². The van der Waals surface area contributed by atoms with Gasteiger partial charge in [0.25, 0.3) is 0 Å². The molecule has 0 aliphatic heterocycles. The van der Waals surface area contributed by atoms with Gasteiger partial charge in [-0.05, 0) is 30.9 Å². The van der Waals surface area contributed by atoms with Gasteiger partial charge in [-0.25, -0.2) is 0 Å². The molecule has 2 nitrogen and oxygen atoms in total. The van der Waals surface area contributed by atoms with Crippen LogP contribution in [0.1, 0.15) is 56.2 Å². The molecule has 0 saturated heterocycles. The molecule has 0 spiro atoms. The number of nitrogens with zero attached hydrogens (tertiary/aromatic N) is 1. The van der Waals surface area contributed by atoms with Gasteiger partial charge in [-0.3, -0.25) is 4.98 Å². The Morgan fingerprint density at radius 1 is 1.22 bits per heavy atom. The van der Waals surface area contributed by atoms with Crippen LogP contribution in [0.25, 0.3) is 0 Å². The van der Waals surface area contributed by atoms with Gasteiger partial charge in [-0.2, -0.15) is 0 Å². The van der Waals surface area contributed by atoms with Crippen molar-refractivity contribution in [3.63, 3.8) is 0 Å². The fraction of sp³-hybridized carbons (Fsp3) is 0.688. The zero-order chi connectivity index (χ0) is 12.8. The van der Waals surface area contributed by atoms with Gasteiger partial charge < -0.3 is 5.11 Å².